The molecule has 0 heterocycles. The molecule has 0 aliphatic heterocycles. The van der Waals surface area contributed by atoms with E-state index in [1.54, 1.807) is 4.90 Å². The smallest absolute Gasteiger partial charge is 0.227 e. The molecule has 1 rings (SSSR count). The summed E-state index contributed by atoms with van der Waals surface area (Å²) in [6.07, 6.45) is 0.407. The summed E-state index contributed by atoms with van der Waals surface area (Å²) in [5.41, 5.74) is 8.87. The fraction of sp³-hybridized carbons (Fsp3) is 0.429. The van der Waals surface area contributed by atoms with Crippen molar-refractivity contribution >= 4 is 23.1 Å². The standard InChI is InChI=1S/C14H20N2OS/c1-4-16(9-13(15)18)14(17)8-12-7-10(2)5-6-11(12)3/h5-7H,4,8-9H2,1-3H3,(H2,15,18). The number of carbonyl (C=O) groups is 1. The van der Waals surface area contributed by atoms with E-state index in [9.17, 15) is 4.79 Å². The lowest BCUT2D eigenvalue weighted by Gasteiger charge is -2.20. The van der Waals surface area contributed by atoms with Crippen molar-refractivity contribution in [3.63, 3.8) is 0 Å². The van der Waals surface area contributed by atoms with Crippen molar-refractivity contribution < 1.29 is 4.79 Å². The summed E-state index contributed by atoms with van der Waals surface area (Å²) < 4.78 is 0. The predicted molar refractivity (Wildman–Crippen MR) is 78.7 cm³/mol. The zero-order chi connectivity index (χ0) is 13.7. The Morgan fingerprint density at radius 2 is 2.06 bits per heavy atom. The third-order valence-electron chi connectivity index (χ3n) is 2.93. The minimum Gasteiger partial charge on any atom is -0.392 e. The molecule has 0 radical (unpaired) electrons. The molecule has 1 amide bonds. The first-order valence-corrected chi connectivity index (χ1v) is 6.47. The molecule has 0 saturated carbocycles. The Hall–Kier alpha value is -1.42. The highest BCUT2D eigenvalue weighted by Crippen LogP contribution is 2.12. The Morgan fingerprint density at radius 1 is 1.39 bits per heavy atom. The van der Waals surface area contributed by atoms with Gasteiger partial charge in [0.05, 0.1) is 18.0 Å². The van der Waals surface area contributed by atoms with Gasteiger partial charge < -0.3 is 10.6 Å². The highest BCUT2D eigenvalue weighted by Gasteiger charge is 2.14. The van der Waals surface area contributed by atoms with Crippen LogP contribution in [0.1, 0.15) is 23.6 Å². The molecule has 0 aliphatic rings. The van der Waals surface area contributed by atoms with Gasteiger partial charge >= 0.3 is 0 Å². The maximum absolute atomic E-state index is 12.2. The van der Waals surface area contributed by atoms with Crippen LogP contribution in [0.2, 0.25) is 0 Å². The van der Waals surface area contributed by atoms with E-state index in [1.165, 1.54) is 5.56 Å². The number of nitrogens with two attached hydrogens (primary N) is 1. The van der Waals surface area contributed by atoms with E-state index in [-0.39, 0.29) is 5.91 Å². The average molecular weight is 264 g/mol. The van der Waals surface area contributed by atoms with Crippen LogP contribution in [0.25, 0.3) is 0 Å². The highest BCUT2D eigenvalue weighted by molar-refractivity contribution is 7.80. The molecule has 2 N–H and O–H groups in total. The van der Waals surface area contributed by atoms with E-state index in [4.69, 9.17) is 18.0 Å². The SMILES string of the molecule is CCN(CC(N)=S)C(=O)Cc1cc(C)ccc1C. The van der Waals surface area contributed by atoms with Gasteiger partial charge in [-0.15, -0.1) is 0 Å². The second-order valence-electron chi connectivity index (χ2n) is 4.48. The van der Waals surface area contributed by atoms with Gasteiger partial charge in [-0.1, -0.05) is 36.0 Å². The number of benzene rings is 1. The van der Waals surface area contributed by atoms with Crippen LogP contribution in [-0.4, -0.2) is 28.9 Å². The number of aryl methyl sites for hydroxylation is 2. The van der Waals surface area contributed by atoms with Crippen LogP contribution in [0.15, 0.2) is 18.2 Å². The van der Waals surface area contributed by atoms with Gasteiger partial charge in [-0.25, -0.2) is 0 Å². The highest BCUT2D eigenvalue weighted by atomic mass is 32.1. The summed E-state index contributed by atoms with van der Waals surface area (Å²) >= 11 is 4.85. The lowest BCUT2D eigenvalue weighted by Crippen LogP contribution is -2.38. The molecule has 4 heteroatoms. The summed E-state index contributed by atoms with van der Waals surface area (Å²) in [6.45, 7) is 6.96. The molecule has 0 saturated heterocycles. The van der Waals surface area contributed by atoms with Crippen LogP contribution < -0.4 is 5.73 Å². The molecule has 0 spiro atoms. The number of thiocarbonyl (C=S) groups is 1. The Kier molecular flexibility index (Phi) is 5.28. The molecule has 0 unspecified atom stereocenters. The first kappa shape index (κ1) is 14.6. The Labute approximate surface area is 114 Å². The number of likely N-dealkylation sites (N-methyl/N-ethyl adjacent to an activating group) is 1. The number of hydrogen-bond donors (Lipinski definition) is 1. The lowest BCUT2D eigenvalue weighted by molar-refractivity contribution is -0.129. The minimum atomic E-state index is 0.0685. The van der Waals surface area contributed by atoms with E-state index in [1.807, 2.05) is 26.8 Å². The molecule has 0 bridgehead atoms. The van der Waals surface area contributed by atoms with Crippen LogP contribution in [0.3, 0.4) is 0 Å². The van der Waals surface area contributed by atoms with E-state index in [0.717, 1.165) is 11.1 Å². The Balaban J connectivity index is 2.79. The Bertz CT molecular complexity index is 457. The molecule has 0 aromatic heterocycles. The van der Waals surface area contributed by atoms with Crippen molar-refractivity contribution in [3.8, 4) is 0 Å². The van der Waals surface area contributed by atoms with Crippen LogP contribution in [0.5, 0.6) is 0 Å². The van der Waals surface area contributed by atoms with Gasteiger partial charge in [0, 0.05) is 6.54 Å². The van der Waals surface area contributed by atoms with Crippen molar-refractivity contribution in [2.75, 3.05) is 13.1 Å². The maximum atomic E-state index is 12.2. The van der Waals surface area contributed by atoms with Crippen molar-refractivity contribution in [2.45, 2.75) is 27.2 Å². The summed E-state index contributed by atoms with van der Waals surface area (Å²) in [5, 5.41) is 0. The molecule has 0 fully saturated rings. The zero-order valence-electron chi connectivity index (χ0n) is 11.2. The van der Waals surface area contributed by atoms with Gasteiger partial charge in [-0.2, -0.15) is 0 Å². The molecular weight excluding hydrogens is 244 g/mol. The van der Waals surface area contributed by atoms with Crippen LogP contribution >= 0.6 is 12.2 Å². The van der Waals surface area contributed by atoms with Crippen LogP contribution in [0, 0.1) is 13.8 Å². The molecular formula is C14H20N2OS. The lowest BCUT2D eigenvalue weighted by atomic mass is 10.0. The van der Waals surface area contributed by atoms with E-state index < -0.39 is 0 Å². The van der Waals surface area contributed by atoms with Crippen molar-refractivity contribution in [1.82, 2.24) is 4.90 Å². The molecule has 0 atom stereocenters. The number of carbonyl (C=O) groups excluding carboxylic acids is 1. The van der Waals surface area contributed by atoms with Crippen molar-refractivity contribution in [1.29, 1.82) is 0 Å². The average Bonchev–Trinajstić information content (AvgIpc) is 2.30. The first-order chi connectivity index (χ1) is 8.43. The first-order valence-electron chi connectivity index (χ1n) is 6.06. The zero-order valence-corrected chi connectivity index (χ0v) is 12.0. The third kappa shape index (κ3) is 4.11. The molecule has 0 aliphatic carbocycles. The fourth-order valence-electron chi connectivity index (χ4n) is 1.83. The summed E-state index contributed by atoms with van der Waals surface area (Å²) in [6, 6.07) is 6.15. The molecule has 1 aromatic rings. The normalized spacial score (nSPS) is 10.2. The topological polar surface area (TPSA) is 46.3 Å². The van der Waals surface area contributed by atoms with Gasteiger partial charge in [0.15, 0.2) is 0 Å². The fourth-order valence-corrected chi connectivity index (χ4v) is 1.99. The van der Waals surface area contributed by atoms with E-state index in [2.05, 4.69) is 12.1 Å². The summed E-state index contributed by atoms with van der Waals surface area (Å²) in [7, 11) is 0. The van der Waals surface area contributed by atoms with Gasteiger partial charge in [-0.3, -0.25) is 4.79 Å². The predicted octanol–water partition coefficient (Wildman–Crippen LogP) is 1.98. The number of amides is 1. The van der Waals surface area contributed by atoms with Gasteiger partial charge in [0.25, 0.3) is 0 Å². The maximum Gasteiger partial charge on any atom is 0.227 e. The monoisotopic (exact) mass is 264 g/mol. The van der Waals surface area contributed by atoms with Crippen molar-refractivity contribution in [2.24, 2.45) is 5.73 Å². The molecule has 98 valence electrons. The van der Waals surface area contributed by atoms with Crippen molar-refractivity contribution in [3.05, 3.63) is 34.9 Å². The largest absolute Gasteiger partial charge is 0.392 e. The minimum absolute atomic E-state index is 0.0685. The van der Waals surface area contributed by atoms with Gasteiger partial charge in [-0.05, 0) is 31.9 Å². The number of rotatable bonds is 5. The molecule has 18 heavy (non-hydrogen) atoms. The van der Waals surface area contributed by atoms with E-state index >= 15 is 0 Å². The number of hydrogen-bond acceptors (Lipinski definition) is 2. The van der Waals surface area contributed by atoms with Crippen LogP contribution in [-0.2, 0) is 11.2 Å². The van der Waals surface area contributed by atoms with Gasteiger partial charge in [0.2, 0.25) is 5.91 Å². The van der Waals surface area contributed by atoms with Crippen LogP contribution in [0.4, 0.5) is 0 Å². The second-order valence-corrected chi connectivity index (χ2v) is 5.01. The second kappa shape index (κ2) is 6.50. The summed E-state index contributed by atoms with van der Waals surface area (Å²) in [5.74, 6) is 0.0685. The molecule has 1 aromatic carbocycles. The third-order valence-corrected chi connectivity index (χ3v) is 3.06. The Morgan fingerprint density at radius 3 is 2.61 bits per heavy atom. The number of nitrogens with zero attached hydrogens (tertiary/aromatic N) is 1. The van der Waals surface area contributed by atoms with Gasteiger partial charge in [0.1, 0.15) is 0 Å². The quantitative estimate of drug-likeness (QED) is 0.827. The molecule has 3 nitrogen and oxygen atoms in total. The summed E-state index contributed by atoms with van der Waals surface area (Å²) in [4.78, 5) is 14.2. The van der Waals surface area contributed by atoms with E-state index in [0.29, 0.717) is 24.5 Å².